The molecule has 1 saturated carbocycles. The molecule has 0 aromatic carbocycles. The molecule has 0 amide bonds. The number of rotatable bonds is 3. The Balaban J connectivity index is 1.75. The van der Waals surface area contributed by atoms with Crippen molar-refractivity contribution in [1.82, 2.24) is 23.9 Å². The fourth-order valence-corrected chi connectivity index (χ4v) is 2.97. The lowest BCUT2D eigenvalue weighted by atomic mass is 10.1. The molecule has 1 aliphatic carbocycles. The van der Waals surface area contributed by atoms with Crippen LogP contribution in [0, 0.1) is 0 Å². The van der Waals surface area contributed by atoms with Crippen LogP contribution in [-0.2, 0) is 7.05 Å². The highest BCUT2D eigenvalue weighted by atomic mass is 16.1. The zero-order chi connectivity index (χ0) is 17.0. The number of aromatic nitrogens is 5. The van der Waals surface area contributed by atoms with E-state index in [-0.39, 0.29) is 5.56 Å². The van der Waals surface area contributed by atoms with Gasteiger partial charge in [-0.15, -0.1) is 0 Å². The third kappa shape index (κ3) is 2.36. The predicted octanol–water partition coefficient (Wildman–Crippen LogP) is 2.22. The minimum Gasteiger partial charge on any atom is -0.367 e. The maximum absolute atomic E-state index is 12.6. The summed E-state index contributed by atoms with van der Waals surface area (Å²) in [5.74, 6) is 0.620. The van der Waals surface area contributed by atoms with Gasteiger partial charge < -0.3 is 14.3 Å². The van der Waals surface area contributed by atoms with Gasteiger partial charge in [-0.05, 0) is 31.0 Å². The van der Waals surface area contributed by atoms with E-state index in [0.29, 0.717) is 22.8 Å². The molecule has 0 unspecified atom stereocenters. The van der Waals surface area contributed by atoms with Crippen LogP contribution in [0.1, 0.15) is 12.8 Å². The van der Waals surface area contributed by atoms with E-state index in [9.17, 15) is 4.79 Å². The second-order valence-electron chi connectivity index (χ2n) is 6.44. The van der Waals surface area contributed by atoms with Gasteiger partial charge in [0.15, 0.2) is 0 Å². The van der Waals surface area contributed by atoms with Gasteiger partial charge in [-0.2, -0.15) is 0 Å². The van der Waals surface area contributed by atoms with Crippen molar-refractivity contribution >= 4 is 22.4 Å². The lowest BCUT2D eigenvalue weighted by Crippen LogP contribution is -2.19. The fraction of sp³-hybridized carbons (Fsp3) is 0.222. The van der Waals surface area contributed by atoms with Crippen molar-refractivity contribution in [2.24, 2.45) is 7.05 Å². The van der Waals surface area contributed by atoms with Gasteiger partial charge in [-0.3, -0.25) is 4.79 Å². The molecule has 0 bridgehead atoms. The second kappa shape index (κ2) is 5.14. The maximum Gasteiger partial charge on any atom is 0.264 e. The highest BCUT2D eigenvalue weighted by molar-refractivity contribution is 5.91. The third-order valence-corrected chi connectivity index (χ3v) is 4.51. The summed E-state index contributed by atoms with van der Waals surface area (Å²) in [6.07, 6.45) is 9.41. The van der Waals surface area contributed by atoms with E-state index in [1.165, 1.54) is 4.57 Å². The summed E-state index contributed by atoms with van der Waals surface area (Å²) in [6, 6.07) is 6.20. The summed E-state index contributed by atoms with van der Waals surface area (Å²) in [7, 11) is 1.70. The average Bonchev–Trinajstić information content (AvgIpc) is 3.31. The van der Waals surface area contributed by atoms with Crippen LogP contribution >= 0.6 is 0 Å². The van der Waals surface area contributed by atoms with Crippen molar-refractivity contribution in [3.63, 3.8) is 0 Å². The molecular weight excluding hydrogens is 316 g/mol. The lowest BCUT2D eigenvalue weighted by Gasteiger charge is -2.11. The molecule has 1 fully saturated rings. The number of hydrogen-bond donors (Lipinski definition) is 1. The molecule has 25 heavy (non-hydrogen) atoms. The van der Waals surface area contributed by atoms with Gasteiger partial charge in [0.25, 0.3) is 5.56 Å². The minimum absolute atomic E-state index is 0.0859. The molecule has 4 aromatic rings. The molecule has 4 aromatic heterocycles. The Labute approximate surface area is 143 Å². The van der Waals surface area contributed by atoms with E-state index >= 15 is 0 Å². The van der Waals surface area contributed by atoms with Crippen LogP contribution < -0.4 is 10.9 Å². The number of hydrogen-bond acceptors (Lipinski definition) is 5. The Bertz CT molecular complexity index is 1170. The Morgan fingerprint density at radius 1 is 1.24 bits per heavy atom. The van der Waals surface area contributed by atoms with Gasteiger partial charge in [0.1, 0.15) is 16.9 Å². The van der Waals surface area contributed by atoms with E-state index in [1.54, 1.807) is 19.6 Å². The zero-order valence-electron chi connectivity index (χ0n) is 13.7. The molecule has 7 nitrogen and oxygen atoms in total. The number of aryl methyl sites for hydroxylation is 1. The molecule has 0 aliphatic heterocycles. The van der Waals surface area contributed by atoms with Gasteiger partial charge in [0.2, 0.25) is 0 Å². The smallest absolute Gasteiger partial charge is 0.264 e. The first-order valence-electron chi connectivity index (χ1n) is 8.25. The number of fused-ring (bicyclic) bond motifs is 2. The molecular formula is C18H16N6O. The summed E-state index contributed by atoms with van der Waals surface area (Å²) in [5, 5.41) is 3.93. The Kier molecular flexibility index (Phi) is 2.91. The minimum atomic E-state index is -0.0859. The molecule has 1 N–H and O–H groups in total. The molecule has 7 heteroatoms. The normalized spacial score (nSPS) is 14.3. The molecule has 0 spiro atoms. The summed E-state index contributed by atoms with van der Waals surface area (Å²) in [6.45, 7) is 0. The van der Waals surface area contributed by atoms with E-state index < -0.39 is 0 Å². The SMILES string of the molecule is Cn1cnc2cc(-c3ccc4nccn4c3)nc(NC3CC3)c2c1=O. The first kappa shape index (κ1) is 14.2. The van der Waals surface area contributed by atoms with Gasteiger partial charge in [-0.25, -0.2) is 15.0 Å². The van der Waals surface area contributed by atoms with Gasteiger partial charge >= 0.3 is 0 Å². The van der Waals surface area contributed by atoms with Crippen LogP contribution in [0.2, 0.25) is 0 Å². The number of pyridine rings is 2. The van der Waals surface area contributed by atoms with Crippen LogP contribution in [0.25, 0.3) is 27.8 Å². The van der Waals surface area contributed by atoms with E-state index in [2.05, 4.69) is 15.3 Å². The standard InChI is InChI=1S/C18H16N6O/c1-23-10-20-14-8-13(11-2-5-15-19-6-7-24(15)9-11)22-17(16(14)18(23)25)21-12-3-4-12/h2,5-10,12H,3-4H2,1H3,(H,21,22). The lowest BCUT2D eigenvalue weighted by molar-refractivity contribution is 0.842. The van der Waals surface area contributed by atoms with Crippen molar-refractivity contribution in [1.29, 1.82) is 0 Å². The quantitative estimate of drug-likeness (QED) is 0.622. The van der Waals surface area contributed by atoms with Crippen molar-refractivity contribution < 1.29 is 0 Å². The second-order valence-corrected chi connectivity index (χ2v) is 6.44. The first-order valence-corrected chi connectivity index (χ1v) is 8.25. The molecule has 0 saturated heterocycles. The van der Waals surface area contributed by atoms with Crippen molar-refractivity contribution in [2.45, 2.75) is 18.9 Å². The number of anilines is 1. The molecule has 124 valence electrons. The zero-order valence-corrected chi connectivity index (χ0v) is 13.7. The molecule has 0 radical (unpaired) electrons. The Morgan fingerprint density at radius 2 is 2.12 bits per heavy atom. The van der Waals surface area contributed by atoms with Crippen LogP contribution in [0.15, 0.2) is 47.9 Å². The van der Waals surface area contributed by atoms with E-state index in [0.717, 1.165) is 29.7 Å². The van der Waals surface area contributed by atoms with Crippen LogP contribution in [-0.4, -0.2) is 30.0 Å². The Hall–Kier alpha value is -3.22. The number of imidazole rings is 1. The average molecular weight is 332 g/mol. The highest BCUT2D eigenvalue weighted by Gasteiger charge is 2.24. The van der Waals surface area contributed by atoms with Crippen LogP contribution in [0.3, 0.4) is 0 Å². The fourth-order valence-electron chi connectivity index (χ4n) is 2.97. The molecule has 0 atom stereocenters. The summed E-state index contributed by atoms with van der Waals surface area (Å²) in [5.41, 5.74) is 3.19. The van der Waals surface area contributed by atoms with E-state index in [1.807, 2.05) is 35.0 Å². The van der Waals surface area contributed by atoms with Gasteiger partial charge in [0.05, 0.1) is 17.5 Å². The topological polar surface area (TPSA) is 77.1 Å². The third-order valence-electron chi connectivity index (χ3n) is 4.51. The monoisotopic (exact) mass is 332 g/mol. The highest BCUT2D eigenvalue weighted by Crippen LogP contribution is 2.29. The van der Waals surface area contributed by atoms with Gasteiger partial charge in [-0.1, -0.05) is 0 Å². The summed E-state index contributed by atoms with van der Waals surface area (Å²) < 4.78 is 3.44. The van der Waals surface area contributed by atoms with Crippen molar-refractivity contribution in [3.05, 3.63) is 53.5 Å². The predicted molar refractivity (Wildman–Crippen MR) is 95.6 cm³/mol. The van der Waals surface area contributed by atoms with Crippen molar-refractivity contribution in [2.75, 3.05) is 5.32 Å². The maximum atomic E-state index is 12.6. The Morgan fingerprint density at radius 3 is 2.96 bits per heavy atom. The molecule has 5 rings (SSSR count). The number of nitrogens with one attached hydrogen (secondary N) is 1. The molecule has 1 aliphatic rings. The summed E-state index contributed by atoms with van der Waals surface area (Å²) >= 11 is 0. The van der Waals surface area contributed by atoms with Crippen LogP contribution in [0.4, 0.5) is 5.82 Å². The first-order chi connectivity index (χ1) is 12.2. The van der Waals surface area contributed by atoms with Gasteiger partial charge in [0, 0.05) is 37.2 Å². The van der Waals surface area contributed by atoms with Crippen LogP contribution in [0.5, 0.6) is 0 Å². The summed E-state index contributed by atoms with van der Waals surface area (Å²) in [4.78, 5) is 26.0. The largest absolute Gasteiger partial charge is 0.367 e. The molecule has 4 heterocycles. The van der Waals surface area contributed by atoms with Crippen molar-refractivity contribution in [3.8, 4) is 11.3 Å². The number of nitrogens with zero attached hydrogens (tertiary/aromatic N) is 5. The van der Waals surface area contributed by atoms with E-state index in [4.69, 9.17) is 4.98 Å².